The minimum atomic E-state index is -0.755. The molecule has 0 aromatic rings. The Morgan fingerprint density at radius 2 is 2.08 bits per heavy atom. The number of rotatable bonds is 6. The molecule has 0 heterocycles. The van der Waals surface area contributed by atoms with E-state index in [1.165, 1.54) is 0 Å². The lowest BCUT2D eigenvalue weighted by Gasteiger charge is -2.30. The van der Waals surface area contributed by atoms with Crippen LogP contribution in [0.25, 0.3) is 0 Å². The third-order valence-electron chi connectivity index (χ3n) is 2.34. The summed E-state index contributed by atoms with van der Waals surface area (Å²) in [6.45, 7) is 6.99. The molecule has 0 aliphatic carbocycles. The Hall–Kier alpha value is -0.120. The van der Waals surface area contributed by atoms with Crippen molar-refractivity contribution in [2.75, 3.05) is 13.2 Å². The van der Waals surface area contributed by atoms with Crippen LogP contribution in [0.3, 0.4) is 0 Å². The van der Waals surface area contributed by atoms with Gasteiger partial charge in [0.05, 0.1) is 5.60 Å². The molecule has 3 heteroatoms. The van der Waals surface area contributed by atoms with Crippen LogP contribution in [0.15, 0.2) is 0 Å². The van der Waals surface area contributed by atoms with Crippen molar-refractivity contribution in [1.82, 2.24) is 0 Å². The zero-order valence-corrected chi connectivity index (χ0v) is 8.34. The van der Waals surface area contributed by atoms with Crippen LogP contribution in [0.5, 0.6) is 0 Å². The summed E-state index contributed by atoms with van der Waals surface area (Å²) in [5.41, 5.74) is 4.90. The minimum absolute atomic E-state index is 0.192. The maximum atomic E-state index is 9.92. The largest absolute Gasteiger partial charge is 0.388 e. The van der Waals surface area contributed by atoms with Gasteiger partial charge in [0, 0.05) is 25.7 Å². The number of nitrogens with two attached hydrogens (primary N) is 1. The highest BCUT2D eigenvalue weighted by Gasteiger charge is 2.28. The second-order valence-corrected chi connectivity index (χ2v) is 3.19. The highest BCUT2D eigenvalue weighted by atomic mass is 16.5. The van der Waals surface area contributed by atoms with Crippen molar-refractivity contribution in [3.05, 3.63) is 0 Å². The molecule has 0 bridgehead atoms. The van der Waals surface area contributed by atoms with Gasteiger partial charge in [-0.3, -0.25) is 0 Å². The second kappa shape index (κ2) is 5.51. The Morgan fingerprint density at radius 3 is 2.42 bits per heavy atom. The Balaban J connectivity index is 3.80. The summed E-state index contributed by atoms with van der Waals surface area (Å²) in [7, 11) is 0. The van der Waals surface area contributed by atoms with Gasteiger partial charge in [-0.25, -0.2) is 0 Å². The summed E-state index contributed by atoms with van der Waals surface area (Å²) in [6, 6.07) is -0.192. The van der Waals surface area contributed by atoms with E-state index in [1.54, 1.807) is 0 Å². The quantitative estimate of drug-likeness (QED) is 0.590. The van der Waals surface area contributed by atoms with E-state index in [9.17, 15) is 5.11 Å². The van der Waals surface area contributed by atoms with Gasteiger partial charge in [0.25, 0.3) is 0 Å². The Morgan fingerprint density at radius 1 is 1.50 bits per heavy atom. The smallest absolute Gasteiger partial charge is 0.0814 e. The summed E-state index contributed by atoms with van der Waals surface area (Å²) in [4.78, 5) is 0. The standard InChI is InChI=1S/C9H21NO2/c1-4-9(11,8(3)10)6-7-12-5-2/h8,11H,4-7,10H2,1-3H3/t8-,9?/m1/s1. The van der Waals surface area contributed by atoms with Crippen LogP contribution in [-0.4, -0.2) is 30.0 Å². The molecule has 2 atom stereocenters. The van der Waals surface area contributed by atoms with Gasteiger partial charge in [0.1, 0.15) is 0 Å². The molecule has 0 aliphatic heterocycles. The van der Waals surface area contributed by atoms with E-state index < -0.39 is 5.60 Å². The molecule has 0 rings (SSSR count). The van der Waals surface area contributed by atoms with Crippen LogP contribution in [0.2, 0.25) is 0 Å². The number of ether oxygens (including phenoxy) is 1. The highest BCUT2D eigenvalue weighted by Crippen LogP contribution is 2.18. The van der Waals surface area contributed by atoms with Crippen molar-refractivity contribution < 1.29 is 9.84 Å². The maximum absolute atomic E-state index is 9.92. The van der Waals surface area contributed by atoms with Crippen molar-refractivity contribution in [2.45, 2.75) is 45.3 Å². The summed E-state index contributed by atoms with van der Waals surface area (Å²) in [6.07, 6.45) is 1.30. The molecule has 74 valence electrons. The SMILES string of the molecule is CCOCCC(O)(CC)[C@@H](C)N. The second-order valence-electron chi connectivity index (χ2n) is 3.19. The van der Waals surface area contributed by atoms with E-state index in [0.717, 1.165) is 0 Å². The first-order valence-electron chi connectivity index (χ1n) is 4.62. The zero-order chi connectivity index (χ0) is 9.61. The number of aliphatic hydroxyl groups is 1. The normalized spacial score (nSPS) is 18.8. The molecular formula is C9H21NO2. The van der Waals surface area contributed by atoms with Crippen LogP contribution in [0.1, 0.15) is 33.6 Å². The molecule has 3 N–H and O–H groups in total. The molecule has 0 amide bonds. The molecule has 0 aliphatic rings. The molecule has 0 saturated heterocycles. The van der Waals surface area contributed by atoms with Crippen molar-refractivity contribution in [1.29, 1.82) is 0 Å². The van der Waals surface area contributed by atoms with Gasteiger partial charge in [-0.05, 0) is 20.3 Å². The van der Waals surface area contributed by atoms with E-state index in [-0.39, 0.29) is 6.04 Å². The fraction of sp³-hybridized carbons (Fsp3) is 1.00. The molecular weight excluding hydrogens is 154 g/mol. The van der Waals surface area contributed by atoms with Crippen molar-refractivity contribution in [2.24, 2.45) is 5.73 Å². The Labute approximate surface area is 74.9 Å². The van der Waals surface area contributed by atoms with Crippen LogP contribution in [-0.2, 0) is 4.74 Å². The molecule has 0 saturated carbocycles. The molecule has 0 aromatic carbocycles. The van der Waals surface area contributed by atoms with Crippen molar-refractivity contribution in [3.63, 3.8) is 0 Å². The van der Waals surface area contributed by atoms with Gasteiger partial charge in [-0.2, -0.15) is 0 Å². The summed E-state index contributed by atoms with van der Waals surface area (Å²) in [5, 5.41) is 9.92. The van der Waals surface area contributed by atoms with Crippen LogP contribution >= 0.6 is 0 Å². The molecule has 0 radical (unpaired) electrons. The zero-order valence-electron chi connectivity index (χ0n) is 8.34. The van der Waals surface area contributed by atoms with Crippen LogP contribution in [0, 0.1) is 0 Å². The molecule has 0 fully saturated rings. The predicted octanol–water partition coefficient (Wildman–Crippen LogP) is 0.901. The first-order chi connectivity index (χ1) is 5.56. The molecule has 0 aromatic heterocycles. The van der Waals surface area contributed by atoms with Crippen LogP contribution in [0.4, 0.5) is 0 Å². The number of hydrogen-bond acceptors (Lipinski definition) is 3. The van der Waals surface area contributed by atoms with E-state index in [1.807, 2.05) is 20.8 Å². The van der Waals surface area contributed by atoms with E-state index in [0.29, 0.717) is 26.1 Å². The lowest BCUT2D eigenvalue weighted by molar-refractivity contribution is -0.0173. The summed E-state index contributed by atoms with van der Waals surface area (Å²) >= 11 is 0. The van der Waals surface area contributed by atoms with Gasteiger partial charge in [0.15, 0.2) is 0 Å². The van der Waals surface area contributed by atoms with Gasteiger partial charge in [-0.1, -0.05) is 6.92 Å². The van der Waals surface area contributed by atoms with E-state index >= 15 is 0 Å². The highest BCUT2D eigenvalue weighted by molar-refractivity contribution is 4.84. The maximum Gasteiger partial charge on any atom is 0.0814 e. The summed E-state index contributed by atoms with van der Waals surface area (Å²) in [5.74, 6) is 0. The van der Waals surface area contributed by atoms with Crippen molar-refractivity contribution >= 4 is 0 Å². The number of hydrogen-bond donors (Lipinski definition) is 2. The van der Waals surface area contributed by atoms with E-state index in [4.69, 9.17) is 10.5 Å². The van der Waals surface area contributed by atoms with Gasteiger partial charge in [-0.15, -0.1) is 0 Å². The monoisotopic (exact) mass is 175 g/mol. The van der Waals surface area contributed by atoms with Crippen molar-refractivity contribution in [3.8, 4) is 0 Å². The lowest BCUT2D eigenvalue weighted by Crippen LogP contribution is -2.46. The Kier molecular flexibility index (Phi) is 5.46. The fourth-order valence-electron chi connectivity index (χ4n) is 1.12. The first-order valence-corrected chi connectivity index (χ1v) is 4.62. The fourth-order valence-corrected chi connectivity index (χ4v) is 1.12. The molecule has 0 spiro atoms. The van der Waals surface area contributed by atoms with Gasteiger partial charge < -0.3 is 15.6 Å². The van der Waals surface area contributed by atoms with Crippen LogP contribution < -0.4 is 5.73 Å². The molecule has 12 heavy (non-hydrogen) atoms. The topological polar surface area (TPSA) is 55.5 Å². The predicted molar refractivity (Wildman–Crippen MR) is 50.0 cm³/mol. The summed E-state index contributed by atoms with van der Waals surface area (Å²) < 4.78 is 5.17. The molecule has 1 unspecified atom stereocenters. The molecule has 3 nitrogen and oxygen atoms in total. The van der Waals surface area contributed by atoms with E-state index in [2.05, 4.69) is 0 Å². The Bertz CT molecular complexity index is 117. The average Bonchev–Trinajstić information content (AvgIpc) is 2.04. The van der Waals surface area contributed by atoms with Gasteiger partial charge in [0.2, 0.25) is 0 Å². The minimum Gasteiger partial charge on any atom is -0.388 e. The van der Waals surface area contributed by atoms with Gasteiger partial charge >= 0.3 is 0 Å². The first kappa shape index (κ1) is 11.9. The average molecular weight is 175 g/mol. The third kappa shape index (κ3) is 3.52. The lowest BCUT2D eigenvalue weighted by atomic mass is 9.90. The third-order valence-corrected chi connectivity index (χ3v) is 2.34.